The SMILES string of the molecule is CC(C)OCC(=O)c1ccn(C)c1. The molecule has 1 heterocycles. The van der Waals surface area contributed by atoms with Crippen LogP contribution in [0.5, 0.6) is 0 Å². The molecule has 0 unspecified atom stereocenters. The van der Waals surface area contributed by atoms with Gasteiger partial charge in [-0.15, -0.1) is 0 Å². The van der Waals surface area contributed by atoms with Gasteiger partial charge in [-0.1, -0.05) is 0 Å². The quantitative estimate of drug-likeness (QED) is 0.661. The van der Waals surface area contributed by atoms with Crippen molar-refractivity contribution in [1.82, 2.24) is 4.57 Å². The zero-order valence-electron chi connectivity index (χ0n) is 8.28. The van der Waals surface area contributed by atoms with Gasteiger partial charge in [0.15, 0.2) is 5.78 Å². The van der Waals surface area contributed by atoms with E-state index in [2.05, 4.69) is 0 Å². The number of carbonyl (C=O) groups is 1. The van der Waals surface area contributed by atoms with Crippen LogP contribution in [0.4, 0.5) is 0 Å². The molecule has 0 bridgehead atoms. The second-order valence-corrected chi connectivity index (χ2v) is 3.35. The number of aromatic nitrogens is 1. The van der Waals surface area contributed by atoms with Crippen molar-refractivity contribution in [3.8, 4) is 0 Å². The Morgan fingerprint density at radius 2 is 2.31 bits per heavy atom. The van der Waals surface area contributed by atoms with Gasteiger partial charge in [0.1, 0.15) is 6.61 Å². The molecule has 0 aromatic carbocycles. The highest BCUT2D eigenvalue weighted by Crippen LogP contribution is 2.02. The summed E-state index contributed by atoms with van der Waals surface area (Å²) >= 11 is 0. The molecule has 0 spiro atoms. The van der Waals surface area contributed by atoms with Gasteiger partial charge >= 0.3 is 0 Å². The molecule has 72 valence electrons. The number of hydrogen-bond acceptors (Lipinski definition) is 2. The first-order valence-corrected chi connectivity index (χ1v) is 4.36. The molecule has 0 radical (unpaired) electrons. The lowest BCUT2D eigenvalue weighted by atomic mass is 10.2. The van der Waals surface area contributed by atoms with Crippen LogP contribution in [-0.4, -0.2) is 23.1 Å². The molecule has 0 aliphatic heterocycles. The minimum absolute atomic E-state index is 0.0364. The first-order chi connectivity index (χ1) is 6.09. The number of ketones is 1. The molecule has 1 rings (SSSR count). The van der Waals surface area contributed by atoms with Gasteiger partial charge in [0.2, 0.25) is 0 Å². The van der Waals surface area contributed by atoms with Crippen molar-refractivity contribution in [2.24, 2.45) is 7.05 Å². The van der Waals surface area contributed by atoms with E-state index in [1.54, 1.807) is 12.3 Å². The largest absolute Gasteiger partial charge is 0.371 e. The van der Waals surface area contributed by atoms with Gasteiger partial charge in [-0.2, -0.15) is 0 Å². The van der Waals surface area contributed by atoms with Crippen LogP contribution in [-0.2, 0) is 11.8 Å². The van der Waals surface area contributed by atoms with E-state index in [0.29, 0.717) is 5.56 Å². The van der Waals surface area contributed by atoms with E-state index >= 15 is 0 Å². The van der Waals surface area contributed by atoms with Gasteiger partial charge in [-0.3, -0.25) is 4.79 Å². The molecule has 0 atom stereocenters. The third-order valence-corrected chi connectivity index (χ3v) is 1.70. The smallest absolute Gasteiger partial charge is 0.189 e. The van der Waals surface area contributed by atoms with Crippen LogP contribution in [0, 0.1) is 0 Å². The summed E-state index contributed by atoms with van der Waals surface area (Å²) in [5, 5.41) is 0. The van der Waals surface area contributed by atoms with Gasteiger partial charge in [0.05, 0.1) is 6.10 Å². The topological polar surface area (TPSA) is 31.2 Å². The third kappa shape index (κ3) is 3.03. The highest BCUT2D eigenvalue weighted by atomic mass is 16.5. The van der Waals surface area contributed by atoms with Crippen molar-refractivity contribution in [2.75, 3.05) is 6.61 Å². The predicted molar refractivity (Wildman–Crippen MR) is 50.8 cm³/mol. The molecule has 0 saturated heterocycles. The van der Waals surface area contributed by atoms with Crippen LogP contribution in [0.15, 0.2) is 18.5 Å². The lowest BCUT2D eigenvalue weighted by molar-refractivity contribution is 0.0585. The Kier molecular flexibility index (Phi) is 3.25. The molecular weight excluding hydrogens is 166 g/mol. The molecule has 0 amide bonds. The fourth-order valence-electron chi connectivity index (χ4n) is 0.994. The van der Waals surface area contributed by atoms with Crippen molar-refractivity contribution >= 4 is 5.78 Å². The molecule has 3 nitrogen and oxygen atoms in total. The van der Waals surface area contributed by atoms with Crippen LogP contribution in [0.25, 0.3) is 0 Å². The summed E-state index contributed by atoms with van der Waals surface area (Å²) in [5.74, 6) is 0.0364. The number of carbonyl (C=O) groups excluding carboxylic acids is 1. The normalized spacial score (nSPS) is 10.8. The molecule has 0 aliphatic rings. The van der Waals surface area contributed by atoms with Crippen LogP contribution in [0.2, 0.25) is 0 Å². The summed E-state index contributed by atoms with van der Waals surface area (Å²) in [6.07, 6.45) is 3.75. The summed E-state index contributed by atoms with van der Waals surface area (Å²) in [5.41, 5.74) is 0.711. The number of ether oxygens (including phenoxy) is 1. The predicted octanol–water partition coefficient (Wildman–Crippen LogP) is 1.63. The van der Waals surface area contributed by atoms with Crippen molar-refractivity contribution in [2.45, 2.75) is 20.0 Å². The Balaban J connectivity index is 2.49. The van der Waals surface area contributed by atoms with E-state index in [9.17, 15) is 4.79 Å². The summed E-state index contributed by atoms with van der Waals surface area (Å²) in [4.78, 5) is 11.4. The second kappa shape index (κ2) is 4.23. The van der Waals surface area contributed by atoms with Crippen molar-refractivity contribution in [3.63, 3.8) is 0 Å². The Labute approximate surface area is 78.3 Å². The molecule has 1 aromatic rings. The summed E-state index contributed by atoms with van der Waals surface area (Å²) in [6, 6.07) is 1.80. The fourth-order valence-corrected chi connectivity index (χ4v) is 0.994. The minimum Gasteiger partial charge on any atom is -0.371 e. The molecule has 0 N–H and O–H groups in total. The monoisotopic (exact) mass is 181 g/mol. The average molecular weight is 181 g/mol. The van der Waals surface area contributed by atoms with Crippen molar-refractivity contribution in [3.05, 3.63) is 24.0 Å². The van der Waals surface area contributed by atoms with Crippen LogP contribution >= 0.6 is 0 Å². The van der Waals surface area contributed by atoms with E-state index in [1.165, 1.54) is 0 Å². The third-order valence-electron chi connectivity index (χ3n) is 1.70. The first-order valence-electron chi connectivity index (χ1n) is 4.36. The zero-order chi connectivity index (χ0) is 9.84. The molecule has 3 heteroatoms. The number of Topliss-reactive ketones (excluding diaryl/α,β-unsaturated/α-hetero) is 1. The van der Waals surface area contributed by atoms with Crippen LogP contribution < -0.4 is 0 Å². The summed E-state index contributed by atoms with van der Waals surface area (Å²) < 4.78 is 7.06. The number of aryl methyl sites for hydroxylation is 1. The fraction of sp³-hybridized carbons (Fsp3) is 0.500. The zero-order valence-corrected chi connectivity index (χ0v) is 8.28. The van der Waals surface area contributed by atoms with E-state index in [1.807, 2.05) is 31.7 Å². The minimum atomic E-state index is 0.0364. The van der Waals surface area contributed by atoms with Gasteiger partial charge in [-0.25, -0.2) is 0 Å². The summed E-state index contributed by atoms with van der Waals surface area (Å²) in [6.45, 7) is 4.00. The number of hydrogen-bond donors (Lipinski definition) is 0. The molecule has 0 fully saturated rings. The van der Waals surface area contributed by atoms with Crippen molar-refractivity contribution in [1.29, 1.82) is 0 Å². The van der Waals surface area contributed by atoms with Crippen LogP contribution in [0.1, 0.15) is 24.2 Å². The van der Waals surface area contributed by atoms with Gasteiger partial charge < -0.3 is 9.30 Å². The highest BCUT2D eigenvalue weighted by molar-refractivity contribution is 5.96. The Morgan fingerprint density at radius 1 is 1.62 bits per heavy atom. The van der Waals surface area contributed by atoms with Crippen LogP contribution in [0.3, 0.4) is 0 Å². The molecule has 1 aromatic heterocycles. The maximum absolute atomic E-state index is 11.4. The first kappa shape index (κ1) is 9.99. The maximum Gasteiger partial charge on any atom is 0.189 e. The Morgan fingerprint density at radius 3 is 2.77 bits per heavy atom. The van der Waals surface area contributed by atoms with Gasteiger partial charge in [0, 0.05) is 25.0 Å². The van der Waals surface area contributed by atoms with Crippen molar-refractivity contribution < 1.29 is 9.53 Å². The van der Waals surface area contributed by atoms with Gasteiger partial charge in [0.25, 0.3) is 0 Å². The molecule has 0 saturated carbocycles. The lowest BCUT2D eigenvalue weighted by Crippen LogP contribution is -2.12. The van der Waals surface area contributed by atoms with E-state index in [0.717, 1.165) is 0 Å². The Hall–Kier alpha value is -1.09. The van der Waals surface area contributed by atoms with E-state index in [-0.39, 0.29) is 18.5 Å². The molecule has 0 aliphatic carbocycles. The van der Waals surface area contributed by atoms with Gasteiger partial charge in [-0.05, 0) is 19.9 Å². The van der Waals surface area contributed by atoms with E-state index in [4.69, 9.17) is 4.74 Å². The average Bonchev–Trinajstić information content (AvgIpc) is 2.47. The summed E-state index contributed by atoms with van der Waals surface area (Å²) in [7, 11) is 1.89. The highest BCUT2D eigenvalue weighted by Gasteiger charge is 2.07. The molecule has 13 heavy (non-hydrogen) atoms. The second-order valence-electron chi connectivity index (χ2n) is 3.35. The Bertz CT molecular complexity index is 289. The molecular formula is C10H15NO2. The standard InChI is InChI=1S/C10H15NO2/c1-8(2)13-7-10(12)9-4-5-11(3)6-9/h4-6,8H,7H2,1-3H3. The van der Waals surface area contributed by atoms with E-state index < -0.39 is 0 Å². The lowest BCUT2D eigenvalue weighted by Gasteiger charge is -2.04. The maximum atomic E-state index is 11.4. The number of nitrogens with zero attached hydrogens (tertiary/aromatic N) is 1. The number of rotatable bonds is 4.